The number of nitrogens with one attached hydrogen (secondary N) is 1. The average molecular weight is 428 g/mol. The number of ether oxygens (including phenoxy) is 1. The fraction of sp³-hybridized carbons (Fsp3) is 0.120. The van der Waals surface area contributed by atoms with Gasteiger partial charge in [-0.25, -0.2) is 14.5 Å². The van der Waals surface area contributed by atoms with Gasteiger partial charge in [0.15, 0.2) is 0 Å². The van der Waals surface area contributed by atoms with Crippen molar-refractivity contribution < 1.29 is 24.2 Å². The highest BCUT2D eigenvalue weighted by atomic mass is 16.6. The van der Waals surface area contributed by atoms with Gasteiger partial charge in [0.1, 0.15) is 5.76 Å². The highest BCUT2D eigenvalue weighted by Gasteiger charge is 2.38. The molecule has 2 aromatic rings. The molecule has 1 aromatic carbocycles. The predicted molar refractivity (Wildman–Crippen MR) is 120 cm³/mol. The molecule has 1 aliphatic carbocycles. The first-order chi connectivity index (χ1) is 15.3. The van der Waals surface area contributed by atoms with E-state index in [1.54, 1.807) is 36.4 Å². The predicted octanol–water partition coefficient (Wildman–Crippen LogP) is 4.67. The number of H-pyrrole nitrogens is 1. The van der Waals surface area contributed by atoms with E-state index in [0.29, 0.717) is 28.8 Å². The van der Waals surface area contributed by atoms with E-state index in [4.69, 9.17) is 9.84 Å². The molecule has 0 saturated heterocycles. The molecule has 4 rings (SSSR count). The van der Waals surface area contributed by atoms with E-state index in [1.165, 1.54) is 6.08 Å². The molecule has 2 heterocycles. The van der Waals surface area contributed by atoms with Crippen molar-refractivity contribution in [3.05, 3.63) is 94.2 Å². The summed E-state index contributed by atoms with van der Waals surface area (Å²) in [7, 11) is 0. The first-order valence-corrected chi connectivity index (χ1v) is 9.94. The lowest BCUT2D eigenvalue weighted by Crippen LogP contribution is -2.33. The molecule has 0 fully saturated rings. The van der Waals surface area contributed by atoms with Crippen molar-refractivity contribution in [2.45, 2.75) is 20.3 Å². The second kappa shape index (κ2) is 8.41. The third kappa shape index (κ3) is 4.10. The van der Waals surface area contributed by atoms with E-state index in [1.807, 2.05) is 26.0 Å². The Morgan fingerprint density at radius 3 is 2.66 bits per heavy atom. The maximum Gasteiger partial charge on any atom is 0.426 e. The van der Waals surface area contributed by atoms with Crippen LogP contribution in [0.5, 0.6) is 0 Å². The zero-order chi connectivity index (χ0) is 22.8. The number of carbonyl (C=O) groups excluding carboxylic acids is 2. The molecule has 2 amide bonds. The maximum absolute atomic E-state index is 13.2. The van der Waals surface area contributed by atoms with Gasteiger partial charge in [0, 0.05) is 23.4 Å². The highest BCUT2D eigenvalue weighted by Crippen LogP contribution is 2.38. The molecule has 2 N–H and O–H groups in total. The number of amides is 2. The summed E-state index contributed by atoms with van der Waals surface area (Å²) in [6, 6.07) is 9.05. The lowest BCUT2D eigenvalue weighted by Gasteiger charge is -2.16. The second-order valence-corrected chi connectivity index (χ2v) is 7.43. The van der Waals surface area contributed by atoms with E-state index in [-0.39, 0.29) is 5.76 Å². The summed E-state index contributed by atoms with van der Waals surface area (Å²) in [5.41, 5.74) is 7.58. The third-order valence-corrected chi connectivity index (χ3v) is 5.09. The fourth-order valence-corrected chi connectivity index (χ4v) is 3.62. The number of aromatic amines is 1. The number of hydrogen-bond acceptors (Lipinski definition) is 4. The number of aliphatic carboxylic acids is 1. The summed E-state index contributed by atoms with van der Waals surface area (Å²) in [5, 5.41) is 8.69. The molecule has 160 valence electrons. The van der Waals surface area contributed by atoms with Crippen LogP contribution in [0.2, 0.25) is 0 Å². The molecule has 7 heteroatoms. The quantitative estimate of drug-likeness (QED) is 0.547. The SMILES string of the molecule is Cc1cc(C)c(/C=C2\C(=O)N(C(=O)OC3=CCC(=C=CC(=O)O)C=C3)c3ccccc32)[nH]1. The first-order valence-electron chi connectivity index (χ1n) is 9.94. The highest BCUT2D eigenvalue weighted by molar-refractivity contribution is 6.41. The Labute approximate surface area is 184 Å². The minimum Gasteiger partial charge on any atom is -0.478 e. The Morgan fingerprint density at radius 1 is 1.22 bits per heavy atom. The minimum absolute atomic E-state index is 0.273. The van der Waals surface area contributed by atoms with Crippen molar-refractivity contribution in [3.63, 3.8) is 0 Å². The number of carboxylic acid groups (broad SMARTS) is 1. The molecule has 7 nitrogen and oxygen atoms in total. The number of nitrogens with zero attached hydrogens (tertiary/aromatic N) is 1. The van der Waals surface area contributed by atoms with Crippen LogP contribution in [0.4, 0.5) is 10.5 Å². The Bertz CT molecular complexity index is 1300. The average Bonchev–Trinajstić information content (AvgIpc) is 3.23. The third-order valence-electron chi connectivity index (χ3n) is 5.09. The van der Waals surface area contributed by atoms with Gasteiger partial charge < -0.3 is 14.8 Å². The smallest absolute Gasteiger partial charge is 0.426 e. The Balaban J connectivity index is 1.59. The van der Waals surface area contributed by atoms with E-state index >= 15 is 0 Å². The molecular weight excluding hydrogens is 408 g/mol. The number of aromatic nitrogens is 1. The molecule has 0 spiro atoms. The number of hydrogen-bond donors (Lipinski definition) is 2. The van der Waals surface area contributed by atoms with Gasteiger partial charge in [-0.1, -0.05) is 18.2 Å². The van der Waals surface area contributed by atoms with E-state index in [9.17, 15) is 14.4 Å². The van der Waals surface area contributed by atoms with E-state index < -0.39 is 18.0 Å². The standard InChI is InChI=1S/C25H20N2O5/c1-15-13-16(2)26-21(15)14-20-19-5-3-4-6-22(19)27(24(20)30)25(31)32-18-10-7-17(8-11-18)9-12-23(28)29/h3-7,10-14,26H,8H2,1-2H3,(H,28,29)/b20-14-. The molecule has 0 saturated carbocycles. The summed E-state index contributed by atoms with van der Waals surface area (Å²) in [6.45, 7) is 3.88. The van der Waals surface area contributed by atoms with Gasteiger partial charge in [-0.15, -0.1) is 5.73 Å². The fourth-order valence-electron chi connectivity index (χ4n) is 3.62. The number of carbonyl (C=O) groups is 3. The number of rotatable bonds is 3. The van der Waals surface area contributed by atoms with Crippen LogP contribution in [-0.2, 0) is 14.3 Å². The lowest BCUT2D eigenvalue weighted by molar-refractivity contribution is -0.131. The molecule has 2 aliphatic rings. The van der Waals surface area contributed by atoms with Crippen molar-refractivity contribution >= 4 is 35.3 Å². The van der Waals surface area contributed by atoms with Crippen molar-refractivity contribution in [3.8, 4) is 0 Å². The molecule has 0 unspecified atom stereocenters. The monoisotopic (exact) mass is 428 g/mol. The topological polar surface area (TPSA) is 99.7 Å². The van der Waals surface area contributed by atoms with Gasteiger partial charge in [0.05, 0.1) is 17.3 Å². The zero-order valence-corrected chi connectivity index (χ0v) is 17.5. The van der Waals surface area contributed by atoms with Crippen LogP contribution in [0.1, 0.15) is 28.9 Å². The van der Waals surface area contributed by atoms with Crippen molar-refractivity contribution in [1.29, 1.82) is 0 Å². The number of benzene rings is 1. The number of anilines is 1. The van der Waals surface area contributed by atoms with Gasteiger partial charge in [-0.2, -0.15) is 0 Å². The maximum atomic E-state index is 13.2. The Hall–Kier alpha value is -4.35. The molecule has 32 heavy (non-hydrogen) atoms. The van der Waals surface area contributed by atoms with Gasteiger partial charge in [0.25, 0.3) is 5.91 Å². The van der Waals surface area contributed by atoms with E-state index in [0.717, 1.165) is 27.9 Å². The van der Waals surface area contributed by atoms with Gasteiger partial charge in [-0.3, -0.25) is 4.79 Å². The number of imide groups is 1. The summed E-state index contributed by atoms with van der Waals surface area (Å²) in [6.07, 6.45) is 6.99. The molecule has 0 atom stereocenters. The molecule has 1 aliphatic heterocycles. The summed E-state index contributed by atoms with van der Waals surface area (Å²) < 4.78 is 5.44. The number of para-hydroxylation sites is 1. The lowest BCUT2D eigenvalue weighted by atomic mass is 10.1. The molecular formula is C25H20N2O5. The number of allylic oxidation sites excluding steroid dienone is 3. The van der Waals surface area contributed by atoms with Crippen molar-refractivity contribution in [2.24, 2.45) is 0 Å². The normalized spacial score (nSPS) is 16.0. The summed E-state index contributed by atoms with van der Waals surface area (Å²) in [4.78, 5) is 41.0. The Kier molecular flexibility index (Phi) is 5.50. The summed E-state index contributed by atoms with van der Waals surface area (Å²) in [5.74, 6) is -1.28. The van der Waals surface area contributed by atoms with Crippen LogP contribution >= 0.6 is 0 Å². The van der Waals surface area contributed by atoms with Crippen LogP contribution in [0.15, 0.2) is 71.7 Å². The molecule has 0 bridgehead atoms. The van der Waals surface area contributed by atoms with Gasteiger partial charge >= 0.3 is 12.1 Å². The van der Waals surface area contributed by atoms with Gasteiger partial charge in [-0.05, 0) is 61.4 Å². The molecule has 1 aromatic heterocycles. The summed E-state index contributed by atoms with van der Waals surface area (Å²) >= 11 is 0. The second-order valence-electron chi connectivity index (χ2n) is 7.43. The van der Waals surface area contributed by atoms with Crippen LogP contribution < -0.4 is 4.90 Å². The van der Waals surface area contributed by atoms with E-state index in [2.05, 4.69) is 10.7 Å². The van der Waals surface area contributed by atoms with Crippen LogP contribution in [-0.4, -0.2) is 28.1 Å². The number of fused-ring (bicyclic) bond motifs is 1. The van der Waals surface area contributed by atoms with Crippen molar-refractivity contribution in [1.82, 2.24) is 4.98 Å². The number of aryl methyl sites for hydroxylation is 2. The van der Waals surface area contributed by atoms with Crippen LogP contribution in [0.3, 0.4) is 0 Å². The Morgan fingerprint density at radius 2 is 2.00 bits per heavy atom. The molecule has 0 radical (unpaired) electrons. The first kappa shape index (κ1) is 20.9. The van der Waals surface area contributed by atoms with Crippen LogP contribution in [0.25, 0.3) is 11.6 Å². The van der Waals surface area contributed by atoms with Crippen LogP contribution in [0, 0.1) is 13.8 Å². The van der Waals surface area contributed by atoms with Gasteiger partial charge in [0.2, 0.25) is 0 Å². The van der Waals surface area contributed by atoms with Crippen molar-refractivity contribution in [2.75, 3.05) is 4.90 Å². The minimum atomic E-state index is -1.09. The zero-order valence-electron chi connectivity index (χ0n) is 17.5. The largest absolute Gasteiger partial charge is 0.478 e. The number of carboxylic acids is 1.